The first-order valence-corrected chi connectivity index (χ1v) is 7.84. The van der Waals surface area contributed by atoms with Crippen molar-refractivity contribution in [1.82, 2.24) is 0 Å². The van der Waals surface area contributed by atoms with Crippen LogP contribution in [0, 0.1) is 5.92 Å². The van der Waals surface area contributed by atoms with E-state index in [-0.39, 0.29) is 0 Å². The molecule has 114 valence electrons. The van der Waals surface area contributed by atoms with Crippen molar-refractivity contribution in [3.8, 4) is 0 Å². The summed E-state index contributed by atoms with van der Waals surface area (Å²) in [4.78, 5) is 0. The molecule has 1 aliphatic carbocycles. The molecule has 2 aromatic rings. The lowest BCUT2D eigenvalue weighted by atomic mass is 9.75. The van der Waals surface area contributed by atoms with Crippen LogP contribution in [0.25, 0.3) is 11.0 Å². The highest BCUT2D eigenvalue weighted by molar-refractivity contribution is 6.31. The summed E-state index contributed by atoms with van der Waals surface area (Å²) < 4.78 is 11.6. The van der Waals surface area contributed by atoms with Crippen LogP contribution in [0.15, 0.2) is 28.7 Å². The van der Waals surface area contributed by atoms with Gasteiger partial charge in [0.25, 0.3) is 0 Å². The second kappa shape index (κ2) is 5.64. The van der Waals surface area contributed by atoms with E-state index in [4.69, 9.17) is 20.8 Å². The van der Waals surface area contributed by atoms with Crippen molar-refractivity contribution in [3.05, 3.63) is 35.0 Å². The van der Waals surface area contributed by atoms with Gasteiger partial charge in [0.05, 0.1) is 0 Å². The van der Waals surface area contributed by atoms with Gasteiger partial charge < -0.3 is 14.3 Å². The molecule has 3 unspecified atom stereocenters. The summed E-state index contributed by atoms with van der Waals surface area (Å²) in [6, 6.07) is 7.33. The third-order valence-corrected chi connectivity index (χ3v) is 4.90. The number of fused-ring (bicyclic) bond motifs is 1. The zero-order chi connectivity index (χ0) is 15.0. The maximum atomic E-state index is 10.8. The molecule has 0 radical (unpaired) electrons. The van der Waals surface area contributed by atoms with Gasteiger partial charge in [-0.05, 0) is 43.0 Å². The van der Waals surface area contributed by atoms with E-state index >= 15 is 0 Å². The van der Waals surface area contributed by atoms with E-state index in [1.54, 1.807) is 13.2 Å². The van der Waals surface area contributed by atoms with Crippen LogP contribution in [0.2, 0.25) is 5.02 Å². The van der Waals surface area contributed by atoms with Gasteiger partial charge in [0.2, 0.25) is 0 Å². The van der Waals surface area contributed by atoms with Gasteiger partial charge in [-0.25, -0.2) is 0 Å². The highest BCUT2D eigenvalue weighted by Crippen LogP contribution is 2.44. The molecule has 3 rings (SSSR count). The lowest BCUT2D eigenvalue weighted by Crippen LogP contribution is -2.42. The van der Waals surface area contributed by atoms with Crippen molar-refractivity contribution < 1.29 is 14.3 Å². The number of hydrogen-bond acceptors (Lipinski definition) is 3. The molecule has 1 heterocycles. The fourth-order valence-corrected chi connectivity index (χ4v) is 3.70. The normalized spacial score (nSPS) is 27.9. The average Bonchev–Trinajstić information content (AvgIpc) is 2.89. The molecule has 3 atom stereocenters. The van der Waals surface area contributed by atoms with Crippen LogP contribution in [0.4, 0.5) is 0 Å². The first-order valence-electron chi connectivity index (χ1n) is 7.46. The van der Waals surface area contributed by atoms with Crippen LogP contribution in [-0.2, 0) is 4.74 Å². The number of furan rings is 1. The van der Waals surface area contributed by atoms with E-state index in [0.717, 1.165) is 30.2 Å². The molecule has 0 saturated heterocycles. The topological polar surface area (TPSA) is 42.6 Å². The van der Waals surface area contributed by atoms with Crippen molar-refractivity contribution in [2.24, 2.45) is 5.92 Å². The first kappa shape index (κ1) is 14.9. The number of ether oxygens (including phenoxy) is 1. The second-order valence-electron chi connectivity index (χ2n) is 6.20. The maximum absolute atomic E-state index is 10.8. The monoisotopic (exact) mass is 308 g/mol. The van der Waals surface area contributed by atoms with Crippen molar-refractivity contribution in [2.75, 3.05) is 7.11 Å². The largest absolute Gasteiger partial charge is 0.458 e. The Hall–Kier alpha value is -1.03. The molecular weight excluding hydrogens is 288 g/mol. The summed E-state index contributed by atoms with van der Waals surface area (Å²) in [5, 5.41) is 12.4. The molecule has 1 aromatic heterocycles. The molecule has 1 saturated carbocycles. The lowest BCUT2D eigenvalue weighted by molar-refractivity contribution is -0.139. The summed E-state index contributed by atoms with van der Waals surface area (Å²) >= 11 is 6.00. The Labute approximate surface area is 129 Å². The Balaban J connectivity index is 1.96. The van der Waals surface area contributed by atoms with E-state index in [9.17, 15) is 5.11 Å². The summed E-state index contributed by atoms with van der Waals surface area (Å²) in [5.74, 6) is 1.11. The molecule has 1 aromatic carbocycles. The number of benzene rings is 1. The van der Waals surface area contributed by atoms with Crippen molar-refractivity contribution in [2.45, 2.75) is 44.3 Å². The molecule has 0 spiro atoms. The van der Waals surface area contributed by atoms with Gasteiger partial charge in [-0.15, -0.1) is 0 Å². The van der Waals surface area contributed by atoms with Crippen LogP contribution in [0.1, 0.15) is 44.5 Å². The molecule has 0 aliphatic heterocycles. The fourth-order valence-electron chi connectivity index (χ4n) is 3.52. The van der Waals surface area contributed by atoms with Crippen molar-refractivity contribution in [1.29, 1.82) is 0 Å². The lowest BCUT2D eigenvalue weighted by Gasteiger charge is -2.41. The van der Waals surface area contributed by atoms with Crippen LogP contribution in [0.5, 0.6) is 0 Å². The van der Waals surface area contributed by atoms with Gasteiger partial charge in [-0.3, -0.25) is 0 Å². The molecule has 0 amide bonds. The second-order valence-corrected chi connectivity index (χ2v) is 6.64. The van der Waals surface area contributed by atoms with Crippen LogP contribution in [-0.4, -0.2) is 17.8 Å². The van der Waals surface area contributed by atoms with E-state index < -0.39 is 11.7 Å². The summed E-state index contributed by atoms with van der Waals surface area (Å²) in [7, 11) is 1.68. The van der Waals surface area contributed by atoms with Gasteiger partial charge in [-0.2, -0.15) is 0 Å². The first-order chi connectivity index (χ1) is 10.0. The molecule has 3 nitrogen and oxygen atoms in total. The zero-order valence-electron chi connectivity index (χ0n) is 12.4. The Morgan fingerprint density at radius 3 is 2.95 bits per heavy atom. The summed E-state index contributed by atoms with van der Waals surface area (Å²) in [5.41, 5.74) is 0.193. The standard InChI is InChI=1S/C17H21ClO3/c1-11-4-3-7-17(10-11,20-2)16(19)15-9-12-8-13(18)5-6-14(12)21-15/h5-6,8-9,11,16,19H,3-4,7,10H2,1-2H3. The molecule has 4 heteroatoms. The van der Waals surface area contributed by atoms with E-state index in [0.29, 0.717) is 16.7 Å². The number of rotatable bonds is 3. The molecular formula is C17H21ClO3. The highest BCUT2D eigenvalue weighted by Gasteiger charge is 2.43. The van der Waals surface area contributed by atoms with Crippen LogP contribution in [0.3, 0.4) is 0 Å². The van der Waals surface area contributed by atoms with Crippen molar-refractivity contribution >= 4 is 22.6 Å². The van der Waals surface area contributed by atoms with Gasteiger partial charge in [0, 0.05) is 17.5 Å². The van der Waals surface area contributed by atoms with Crippen molar-refractivity contribution in [3.63, 3.8) is 0 Å². The highest BCUT2D eigenvalue weighted by atomic mass is 35.5. The number of halogens is 1. The van der Waals surface area contributed by atoms with Crippen LogP contribution < -0.4 is 0 Å². The van der Waals surface area contributed by atoms with E-state index in [2.05, 4.69) is 6.92 Å². The molecule has 1 N–H and O–H groups in total. The van der Waals surface area contributed by atoms with Gasteiger partial charge in [0.15, 0.2) is 0 Å². The molecule has 21 heavy (non-hydrogen) atoms. The Morgan fingerprint density at radius 2 is 2.24 bits per heavy atom. The smallest absolute Gasteiger partial charge is 0.140 e. The molecule has 0 bridgehead atoms. The zero-order valence-corrected chi connectivity index (χ0v) is 13.2. The van der Waals surface area contributed by atoms with E-state index in [1.165, 1.54) is 6.42 Å². The van der Waals surface area contributed by atoms with Gasteiger partial charge in [0.1, 0.15) is 23.0 Å². The fraction of sp³-hybridized carbons (Fsp3) is 0.529. The Morgan fingerprint density at radius 1 is 1.43 bits per heavy atom. The SMILES string of the molecule is COC1(C(O)c2cc3cc(Cl)ccc3o2)CCCC(C)C1. The number of hydrogen-bond donors (Lipinski definition) is 1. The predicted octanol–water partition coefficient (Wildman–Crippen LogP) is 4.71. The third-order valence-electron chi connectivity index (χ3n) is 4.66. The van der Waals surface area contributed by atoms with Crippen LogP contribution >= 0.6 is 11.6 Å². The average molecular weight is 309 g/mol. The van der Waals surface area contributed by atoms with Gasteiger partial charge >= 0.3 is 0 Å². The third kappa shape index (κ3) is 2.70. The number of aliphatic hydroxyl groups is 1. The number of aliphatic hydroxyl groups excluding tert-OH is 1. The summed E-state index contributed by atoms with van der Waals surface area (Å²) in [6.45, 7) is 2.21. The van der Waals surface area contributed by atoms with Gasteiger partial charge in [-0.1, -0.05) is 31.4 Å². The van der Waals surface area contributed by atoms with E-state index in [1.807, 2.05) is 18.2 Å². The Bertz CT molecular complexity index is 636. The molecule has 1 fully saturated rings. The molecule has 1 aliphatic rings. The number of methoxy groups -OCH3 is 1. The quantitative estimate of drug-likeness (QED) is 0.892. The maximum Gasteiger partial charge on any atom is 0.140 e. The summed E-state index contributed by atoms with van der Waals surface area (Å²) in [6.07, 6.45) is 3.21. The predicted molar refractivity (Wildman–Crippen MR) is 83.6 cm³/mol. The Kier molecular flexibility index (Phi) is 4.00. The minimum absolute atomic E-state index is 0.546. The minimum atomic E-state index is -0.753. The minimum Gasteiger partial charge on any atom is -0.458 e.